The zero-order chi connectivity index (χ0) is 20.9. The first kappa shape index (κ1) is 20.6. The first-order valence-corrected chi connectivity index (χ1v) is 10.5. The number of rotatable bonds is 7. The molecule has 29 heavy (non-hydrogen) atoms. The third-order valence-electron chi connectivity index (χ3n) is 4.61. The van der Waals surface area contributed by atoms with Crippen molar-refractivity contribution in [1.29, 1.82) is 0 Å². The Labute approximate surface area is 170 Å². The summed E-state index contributed by atoms with van der Waals surface area (Å²) in [6, 6.07) is 23.7. The lowest BCUT2D eigenvalue weighted by Gasteiger charge is -2.19. The van der Waals surface area contributed by atoms with Crippen LogP contribution in [0.2, 0.25) is 0 Å². The molecule has 0 atom stereocenters. The van der Waals surface area contributed by atoms with Crippen LogP contribution in [0.4, 0.5) is 0 Å². The Morgan fingerprint density at radius 3 is 2.00 bits per heavy atom. The van der Waals surface area contributed by atoms with Gasteiger partial charge in [0.2, 0.25) is 10.0 Å². The van der Waals surface area contributed by atoms with Crippen LogP contribution in [0.3, 0.4) is 0 Å². The van der Waals surface area contributed by atoms with E-state index in [2.05, 4.69) is 5.32 Å². The van der Waals surface area contributed by atoms with Crippen LogP contribution >= 0.6 is 0 Å². The molecule has 6 nitrogen and oxygen atoms in total. The number of benzene rings is 3. The van der Waals surface area contributed by atoms with Gasteiger partial charge in [-0.3, -0.25) is 4.79 Å². The number of methoxy groups -OCH3 is 1. The van der Waals surface area contributed by atoms with Crippen molar-refractivity contribution < 1.29 is 17.9 Å². The van der Waals surface area contributed by atoms with Gasteiger partial charge < -0.3 is 10.1 Å². The number of amides is 1. The summed E-state index contributed by atoms with van der Waals surface area (Å²) < 4.78 is 28.5. The summed E-state index contributed by atoms with van der Waals surface area (Å²) in [5, 5.41) is 8.09. The quantitative estimate of drug-likeness (QED) is 0.626. The van der Waals surface area contributed by atoms with Gasteiger partial charge in [-0.25, -0.2) is 13.6 Å². The maximum absolute atomic E-state index is 12.8. The second-order valence-corrected chi connectivity index (χ2v) is 8.05. The van der Waals surface area contributed by atoms with Crippen molar-refractivity contribution in [3.8, 4) is 5.75 Å². The molecule has 3 aromatic carbocycles. The molecule has 0 saturated carbocycles. The fourth-order valence-corrected chi connectivity index (χ4v) is 3.67. The molecule has 0 saturated heterocycles. The van der Waals surface area contributed by atoms with Crippen molar-refractivity contribution in [1.82, 2.24) is 5.32 Å². The molecule has 0 heterocycles. The van der Waals surface area contributed by atoms with Crippen LogP contribution < -0.4 is 15.2 Å². The lowest BCUT2D eigenvalue weighted by Crippen LogP contribution is -2.29. The third kappa shape index (κ3) is 5.01. The number of nitrogens with two attached hydrogens (primary N) is 1. The van der Waals surface area contributed by atoms with Gasteiger partial charge in [0.1, 0.15) is 5.75 Å². The highest BCUT2D eigenvalue weighted by Crippen LogP contribution is 2.25. The van der Waals surface area contributed by atoms with E-state index in [0.29, 0.717) is 6.54 Å². The van der Waals surface area contributed by atoms with Crippen LogP contribution in [-0.4, -0.2) is 28.0 Å². The number of carbonyl (C=O) groups excluding carboxylic acids is 1. The van der Waals surface area contributed by atoms with Crippen molar-refractivity contribution in [3.05, 3.63) is 95.6 Å². The Kier molecular flexibility index (Phi) is 6.31. The minimum Gasteiger partial charge on any atom is -0.496 e. The van der Waals surface area contributed by atoms with Crippen molar-refractivity contribution in [2.75, 3.05) is 13.7 Å². The number of nitrogens with one attached hydrogen (secondary N) is 1. The van der Waals surface area contributed by atoms with E-state index >= 15 is 0 Å². The maximum atomic E-state index is 12.8. The van der Waals surface area contributed by atoms with E-state index in [1.807, 2.05) is 60.7 Å². The van der Waals surface area contributed by atoms with E-state index in [1.165, 1.54) is 25.3 Å². The van der Waals surface area contributed by atoms with E-state index in [9.17, 15) is 13.2 Å². The Balaban J connectivity index is 1.88. The monoisotopic (exact) mass is 410 g/mol. The highest BCUT2D eigenvalue weighted by molar-refractivity contribution is 7.89. The van der Waals surface area contributed by atoms with Crippen LogP contribution in [0.15, 0.2) is 83.8 Å². The van der Waals surface area contributed by atoms with Crippen molar-refractivity contribution in [3.63, 3.8) is 0 Å². The molecule has 3 aromatic rings. The van der Waals surface area contributed by atoms with E-state index in [1.54, 1.807) is 0 Å². The van der Waals surface area contributed by atoms with Crippen LogP contribution in [0.5, 0.6) is 5.75 Å². The number of hydrogen-bond acceptors (Lipinski definition) is 4. The molecule has 7 heteroatoms. The summed E-state index contributed by atoms with van der Waals surface area (Å²) in [5.74, 6) is -0.233. The normalized spacial score (nSPS) is 11.3. The van der Waals surface area contributed by atoms with Gasteiger partial charge in [-0.1, -0.05) is 60.7 Å². The fourth-order valence-electron chi connectivity index (χ4n) is 3.13. The second-order valence-electron chi connectivity index (χ2n) is 6.49. The smallest absolute Gasteiger partial charge is 0.255 e. The summed E-state index contributed by atoms with van der Waals surface area (Å²) >= 11 is 0. The highest BCUT2D eigenvalue weighted by atomic mass is 32.2. The predicted molar refractivity (Wildman–Crippen MR) is 111 cm³/mol. The first-order chi connectivity index (χ1) is 13.9. The van der Waals surface area contributed by atoms with Crippen LogP contribution in [0.1, 0.15) is 27.4 Å². The number of primary sulfonamides is 1. The lowest BCUT2D eigenvalue weighted by atomic mass is 9.91. The summed E-state index contributed by atoms with van der Waals surface area (Å²) in [7, 11) is -2.52. The molecule has 1 amide bonds. The van der Waals surface area contributed by atoms with Gasteiger partial charge in [0, 0.05) is 12.5 Å². The molecule has 0 bridgehead atoms. The second kappa shape index (κ2) is 8.89. The maximum Gasteiger partial charge on any atom is 0.255 e. The molecule has 0 aliphatic rings. The molecule has 0 radical (unpaired) electrons. The largest absolute Gasteiger partial charge is 0.496 e. The number of sulfonamides is 1. The van der Waals surface area contributed by atoms with Gasteiger partial charge >= 0.3 is 0 Å². The molecule has 0 aliphatic heterocycles. The molecule has 0 spiro atoms. The first-order valence-electron chi connectivity index (χ1n) is 8.99. The third-order valence-corrected chi connectivity index (χ3v) is 5.53. The van der Waals surface area contributed by atoms with Crippen molar-refractivity contribution in [2.24, 2.45) is 5.14 Å². The summed E-state index contributed by atoms with van der Waals surface area (Å²) in [6.45, 7) is 0.329. The molecule has 0 unspecified atom stereocenters. The predicted octanol–water partition coefficient (Wildman–Crippen LogP) is 2.90. The summed E-state index contributed by atoms with van der Waals surface area (Å²) in [6.07, 6.45) is 0. The zero-order valence-corrected chi connectivity index (χ0v) is 16.7. The highest BCUT2D eigenvalue weighted by Gasteiger charge is 2.20. The molecule has 150 valence electrons. The minimum absolute atomic E-state index is 0.0613. The van der Waals surface area contributed by atoms with Crippen LogP contribution in [0, 0.1) is 0 Å². The van der Waals surface area contributed by atoms with E-state index < -0.39 is 15.9 Å². The van der Waals surface area contributed by atoms with Gasteiger partial charge in [0.15, 0.2) is 0 Å². The fraction of sp³-hybridized carbons (Fsp3) is 0.136. The molecule has 0 aromatic heterocycles. The minimum atomic E-state index is -3.94. The van der Waals surface area contributed by atoms with Crippen LogP contribution in [-0.2, 0) is 10.0 Å². The molecule has 0 aliphatic carbocycles. The van der Waals surface area contributed by atoms with Crippen LogP contribution in [0.25, 0.3) is 0 Å². The Bertz CT molecular complexity index is 1040. The zero-order valence-electron chi connectivity index (χ0n) is 15.9. The summed E-state index contributed by atoms with van der Waals surface area (Å²) in [5.41, 5.74) is 2.23. The Hall–Kier alpha value is -3.16. The van der Waals surface area contributed by atoms with Gasteiger partial charge in [-0.05, 0) is 29.3 Å². The van der Waals surface area contributed by atoms with Gasteiger partial charge in [-0.15, -0.1) is 0 Å². The number of ether oxygens (including phenoxy) is 1. The molecule has 0 fully saturated rings. The summed E-state index contributed by atoms with van der Waals surface area (Å²) in [4.78, 5) is 12.7. The molecular formula is C22H22N2O4S. The standard InChI is InChI=1S/C22H22N2O4S/c1-28-21-13-12-18(29(23,26)27)14-19(21)22(25)24-15-20(16-8-4-2-5-9-16)17-10-6-3-7-11-17/h2-14,20H,15H2,1H3,(H,24,25)(H2,23,26,27). The SMILES string of the molecule is COc1ccc(S(N)(=O)=O)cc1C(=O)NCC(c1ccccc1)c1ccccc1. The van der Waals surface area contributed by atoms with Gasteiger partial charge in [-0.2, -0.15) is 0 Å². The van der Waals surface area contributed by atoms with Gasteiger partial charge in [0.25, 0.3) is 5.91 Å². The van der Waals surface area contributed by atoms with Gasteiger partial charge in [0.05, 0.1) is 17.6 Å². The Morgan fingerprint density at radius 2 is 1.52 bits per heavy atom. The molecule has 3 rings (SSSR count). The number of carbonyl (C=O) groups is 1. The molecule has 3 N–H and O–H groups in total. The number of hydrogen-bond donors (Lipinski definition) is 2. The Morgan fingerprint density at radius 1 is 0.966 bits per heavy atom. The van der Waals surface area contributed by atoms with E-state index in [-0.39, 0.29) is 22.1 Å². The van der Waals surface area contributed by atoms with E-state index in [0.717, 1.165) is 11.1 Å². The van der Waals surface area contributed by atoms with Crippen molar-refractivity contribution in [2.45, 2.75) is 10.8 Å². The van der Waals surface area contributed by atoms with E-state index in [4.69, 9.17) is 9.88 Å². The molecular weight excluding hydrogens is 388 g/mol. The lowest BCUT2D eigenvalue weighted by molar-refractivity contribution is 0.0949. The average Bonchev–Trinajstić information content (AvgIpc) is 2.74. The van der Waals surface area contributed by atoms with Crippen molar-refractivity contribution >= 4 is 15.9 Å². The topological polar surface area (TPSA) is 98.5 Å². The average molecular weight is 410 g/mol.